The number of aliphatic hydroxyl groups excluding tert-OH is 1. The first-order valence-electron chi connectivity index (χ1n) is 9.58. The Hall–Kier alpha value is -0.650. The Bertz CT molecular complexity index is 400. The lowest BCUT2D eigenvalue weighted by Crippen LogP contribution is -2.47. The average molecular weight is 341 g/mol. The molecule has 5 nitrogen and oxygen atoms in total. The molecule has 2 heterocycles. The zero-order valence-electron chi connectivity index (χ0n) is 16.0. The third-order valence-corrected chi connectivity index (χ3v) is 5.08. The van der Waals surface area contributed by atoms with Crippen LogP contribution in [0.1, 0.15) is 53.4 Å². The highest BCUT2D eigenvalue weighted by molar-refractivity contribution is 5.79. The number of amides is 1. The second kappa shape index (κ2) is 8.63. The van der Waals surface area contributed by atoms with Crippen molar-refractivity contribution in [1.29, 1.82) is 0 Å². The van der Waals surface area contributed by atoms with Crippen LogP contribution in [0.3, 0.4) is 0 Å². The van der Waals surface area contributed by atoms with E-state index in [4.69, 9.17) is 4.74 Å². The molecule has 140 valence electrons. The minimum Gasteiger partial charge on any atom is -0.389 e. The lowest BCUT2D eigenvalue weighted by atomic mass is 9.92. The Morgan fingerprint density at radius 1 is 1.21 bits per heavy atom. The van der Waals surface area contributed by atoms with E-state index in [0.717, 1.165) is 45.4 Å². The topological polar surface area (TPSA) is 53.0 Å². The molecular weight excluding hydrogens is 304 g/mol. The van der Waals surface area contributed by atoms with Crippen LogP contribution in [0, 0.1) is 11.8 Å². The molecule has 0 aliphatic carbocycles. The molecule has 2 aliphatic rings. The summed E-state index contributed by atoms with van der Waals surface area (Å²) >= 11 is 0. The summed E-state index contributed by atoms with van der Waals surface area (Å²) in [6, 6.07) is 0. The van der Waals surface area contributed by atoms with E-state index in [1.165, 1.54) is 6.42 Å². The number of rotatable bonds is 5. The summed E-state index contributed by atoms with van der Waals surface area (Å²) in [4.78, 5) is 17.0. The first-order valence-corrected chi connectivity index (χ1v) is 9.58. The fraction of sp³-hybridized carbons (Fsp3) is 0.947. The number of likely N-dealkylation sites (tertiary alicyclic amines) is 2. The van der Waals surface area contributed by atoms with Crippen LogP contribution < -0.4 is 0 Å². The van der Waals surface area contributed by atoms with E-state index in [9.17, 15) is 9.90 Å². The number of piperidine rings is 2. The van der Waals surface area contributed by atoms with Gasteiger partial charge in [0.2, 0.25) is 5.91 Å². The van der Waals surface area contributed by atoms with Crippen molar-refractivity contribution >= 4 is 5.91 Å². The van der Waals surface area contributed by atoms with Crippen LogP contribution in [0.5, 0.6) is 0 Å². The number of carbonyl (C=O) groups is 1. The van der Waals surface area contributed by atoms with Gasteiger partial charge in [0.1, 0.15) is 0 Å². The summed E-state index contributed by atoms with van der Waals surface area (Å²) in [5, 5.41) is 10.1. The highest BCUT2D eigenvalue weighted by atomic mass is 16.5. The molecule has 2 fully saturated rings. The van der Waals surface area contributed by atoms with E-state index >= 15 is 0 Å². The van der Waals surface area contributed by atoms with Gasteiger partial charge in [-0.25, -0.2) is 0 Å². The minimum atomic E-state index is -0.459. The van der Waals surface area contributed by atoms with Crippen LogP contribution in [0.4, 0.5) is 0 Å². The van der Waals surface area contributed by atoms with Gasteiger partial charge in [-0.1, -0.05) is 6.92 Å². The predicted octanol–water partition coefficient (Wildman–Crippen LogP) is 2.13. The number of ether oxygens (including phenoxy) is 1. The maximum absolute atomic E-state index is 12.7. The Balaban J connectivity index is 1.70. The summed E-state index contributed by atoms with van der Waals surface area (Å²) in [6.45, 7) is 12.9. The third-order valence-electron chi connectivity index (χ3n) is 5.08. The Labute approximate surface area is 147 Å². The number of aliphatic hydroxyl groups is 1. The number of β-amino-alcohol motifs (C(OH)–C–C–N with tert-alkyl or cyclic N) is 1. The molecule has 1 amide bonds. The lowest BCUT2D eigenvalue weighted by molar-refractivity contribution is -0.139. The van der Waals surface area contributed by atoms with E-state index in [0.29, 0.717) is 25.0 Å². The van der Waals surface area contributed by atoms with Gasteiger partial charge < -0.3 is 19.6 Å². The van der Waals surface area contributed by atoms with Crippen LogP contribution in [0.2, 0.25) is 0 Å². The van der Waals surface area contributed by atoms with Gasteiger partial charge in [-0.05, 0) is 65.5 Å². The number of hydrogen-bond donors (Lipinski definition) is 1. The van der Waals surface area contributed by atoms with Gasteiger partial charge in [0, 0.05) is 25.6 Å². The Morgan fingerprint density at radius 3 is 2.46 bits per heavy atom. The molecule has 24 heavy (non-hydrogen) atoms. The molecule has 0 radical (unpaired) electrons. The van der Waals surface area contributed by atoms with Crippen LogP contribution in [-0.2, 0) is 9.53 Å². The highest BCUT2D eigenvalue weighted by Crippen LogP contribution is 2.23. The molecule has 0 aromatic carbocycles. The molecule has 2 aliphatic heterocycles. The van der Waals surface area contributed by atoms with Gasteiger partial charge >= 0.3 is 0 Å². The minimum absolute atomic E-state index is 0.175. The Kier molecular flexibility index (Phi) is 7.08. The lowest BCUT2D eigenvalue weighted by Gasteiger charge is -2.37. The van der Waals surface area contributed by atoms with E-state index in [1.807, 2.05) is 20.8 Å². The molecule has 2 unspecified atom stereocenters. The van der Waals surface area contributed by atoms with E-state index in [1.54, 1.807) is 0 Å². The number of hydrogen-bond acceptors (Lipinski definition) is 4. The van der Waals surface area contributed by atoms with Gasteiger partial charge in [-0.15, -0.1) is 0 Å². The highest BCUT2D eigenvalue weighted by Gasteiger charge is 2.31. The predicted molar refractivity (Wildman–Crippen MR) is 95.9 cm³/mol. The van der Waals surface area contributed by atoms with Crippen molar-refractivity contribution < 1.29 is 14.6 Å². The van der Waals surface area contributed by atoms with Crippen molar-refractivity contribution in [2.45, 2.75) is 65.1 Å². The molecule has 0 bridgehead atoms. The van der Waals surface area contributed by atoms with Gasteiger partial charge in [-0.3, -0.25) is 4.79 Å². The van der Waals surface area contributed by atoms with Gasteiger partial charge in [0.15, 0.2) is 0 Å². The largest absolute Gasteiger partial charge is 0.389 e. The first-order chi connectivity index (χ1) is 11.2. The molecule has 2 atom stereocenters. The van der Waals surface area contributed by atoms with Crippen LogP contribution >= 0.6 is 0 Å². The van der Waals surface area contributed by atoms with Crippen molar-refractivity contribution in [1.82, 2.24) is 9.80 Å². The smallest absolute Gasteiger partial charge is 0.225 e. The maximum Gasteiger partial charge on any atom is 0.225 e. The first kappa shape index (κ1) is 19.7. The monoisotopic (exact) mass is 340 g/mol. The summed E-state index contributed by atoms with van der Waals surface area (Å²) in [5.41, 5.74) is -0.216. The van der Waals surface area contributed by atoms with Gasteiger partial charge in [-0.2, -0.15) is 0 Å². The summed E-state index contributed by atoms with van der Waals surface area (Å²) in [7, 11) is 0. The fourth-order valence-corrected chi connectivity index (χ4v) is 3.71. The quantitative estimate of drug-likeness (QED) is 0.833. The molecule has 0 aromatic heterocycles. The summed E-state index contributed by atoms with van der Waals surface area (Å²) < 4.78 is 5.64. The molecule has 1 N–H and O–H groups in total. The molecule has 0 aromatic rings. The average Bonchev–Trinajstić information content (AvgIpc) is 2.52. The number of nitrogens with zero attached hydrogens (tertiary/aromatic N) is 2. The summed E-state index contributed by atoms with van der Waals surface area (Å²) in [5.74, 6) is 1.17. The van der Waals surface area contributed by atoms with Crippen LogP contribution in [0.15, 0.2) is 0 Å². The van der Waals surface area contributed by atoms with E-state index in [2.05, 4.69) is 16.7 Å². The molecule has 0 spiro atoms. The summed E-state index contributed by atoms with van der Waals surface area (Å²) in [6.07, 6.45) is 3.76. The van der Waals surface area contributed by atoms with Gasteiger partial charge in [0.05, 0.1) is 18.3 Å². The molecular formula is C19H36N2O3. The standard InChI is InChI=1S/C19H36N2O3/c1-15-6-5-9-21(12-15)18(23)16-7-10-20(11-8-16)13-17(22)14-24-19(2,3)4/h15-17,22H,5-14H2,1-4H3. The van der Waals surface area contributed by atoms with Crippen LogP contribution in [-0.4, -0.2) is 71.8 Å². The van der Waals surface area contributed by atoms with Crippen molar-refractivity contribution in [3.63, 3.8) is 0 Å². The second-order valence-electron chi connectivity index (χ2n) is 8.68. The normalized spacial score (nSPS) is 25.7. The third kappa shape index (κ3) is 6.34. The zero-order chi connectivity index (χ0) is 17.7. The molecule has 0 saturated carbocycles. The van der Waals surface area contributed by atoms with E-state index in [-0.39, 0.29) is 11.5 Å². The van der Waals surface area contributed by atoms with Crippen molar-refractivity contribution in [3.05, 3.63) is 0 Å². The van der Waals surface area contributed by atoms with E-state index < -0.39 is 6.10 Å². The zero-order valence-corrected chi connectivity index (χ0v) is 16.0. The van der Waals surface area contributed by atoms with Gasteiger partial charge in [0.25, 0.3) is 0 Å². The SMILES string of the molecule is CC1CCCN(C(=O)C2CCN(CC(O)COC(C)(C)C)CC2)C1. The van der Waals surface area contributed by atoms with Crippen molar-refractivity contribution in [2.24, 2.45) is 11.8 Å². The molecule has 2 rings (SSSR count). The van der Waals surface area contributed by atoms with Crippen molar-refractivity contribution in [3.8, 4) is 0 Å². The van der Waals surface area contributed by atoms with Crippen molar-refractivity contribution in [2.75, 3.05) is 39.3 Å². The van der Waals surface area contributed by atoms with Crippen LogP contribution in [0.25, 0.3) is 0 Å². The fourth-order valence-electron chi connectivity index (χ4n) is 3.71. The second-order valence-corrected chi connectivity index (χ2v) is 8.68. The molecule has 2 saturated heterocycles. The number of carbonyl (C=O) groups excluding carboxylic acids is 1. The maximum atomic E-state index is 12.7. The Morgan fingerprint density at radius 2 is 1.88 bits per heavy atom. The molecule has 5 heteroatoms.